The number of rotatable bonds is 5. The normalized spacial score (nSPS) is 10.7. The van der Waals surface area contributed by atoms with Gasteiger partial charge in [0.25, 0.3) is 0 Å². The average molecular weight is 394 g/mol. The lowest BCUT2D eigenvalue weighted by atomic mass is 10.0. The molecular weight excluding hydrogens is 372 g/mol. The summed E-state index contributed by atoms with van der Waals surface area (Å²) in [6.07, 6.45) is 1.66. The monoisotopic (exact) mass is 394 g/mol. The van der Waals surface area contributed by atoms with Crippen LogP contribution in [-0.4, -0.2) is 50.4 Å². The number of benzene rings is 1. The van der Waals surface area contributed by atoms with E-state index in [1.54, 1.807) is 30.5 Å². The summed E-state index contributed by atoms with van der Waals surface area (Å²) in [5, 5.41) is 0. The molecule has 7 nitrogen and oxygen atoms in total. The third-order valence-electron chi connectivity index (χ3n) is 4.75. The third kappa shape index (κ3) is 3.47. The van der Waals surface area contributed by atoms with Gasteiger partial charge in [-0.3, -0.25) is 4.79 Å². The van der Waals surface area contributed by atoms with E-state index in [1.807, 2.05) is 38.1 Å². The summed E-state index contributed by atoms with van der Waals surface area (Å²) >= 11 is 0. The van der Waals surface area contributed by atoms with E-state index in [-0.39, 0.29) is 16.8 Å². The Morgan fingerprint density at radius 3 is 2.03 bits per heavy atom. The van der Waals surface area contributed by atoms with Crippen molar-refractivity contribution < 1.29 is 23.9 Å². The van der Waals surface area contributed by atoms with Crippen molar-refractivity contribution in [3.8, 4) is 0 Å². The zero-order valence-corrected chi connectivity index (χ0v) is 17.0. The third-order valence-corrected chi connectivity index (χ3v) is 4.75. The van der Waals surface area contributed by atoms with E-state index in [2.05, 4.69) is 0 Å². The standard InChI is InChI=1S/C22H22N2O5/c1-13-6-8-14(9-7-13)20(25)19-18(22(27)29-5)17(21(26)28-4)16-12-15(23(2)3)10-11-24(16)19/h6-12H,1-5H3. The summed E-state index contributed by atoms with van der Waals surface area (Å²) in [6, 6.07) is 10.5. The Balaban J connectivity index is 2.40. The quantitative estimate of drug-likeness (QED) is 0.489. The van der Waals surface area contributed by atoms with Crippen molar-refractivity contribution in [3.05, 3.63) is 70.5 Å². The van der Waals surface area contributed by atoms with Gasteiger partial charge in [-0.25, -0.2) is 9.59 Å². The zero-order chi connectivity index (χ0) is 21.3. The molecule has 0 bridgehead atoms. The first kappa shape index (κ1) is 20.1. The van der Waals surface area contributed by atoms with Crippen molar-refractivity contribution in [2.45, 2.75) is 6.92 Å². The smallest absolute Gasteiger partial charge is 0.341 e. The summed E-state index contributed by atoms with van der Waals surface area (Å²) < 4.78 is 11.3. The van der Waals surface area contributed by atoms with Crippen LogP contribution in [0.4, 0.5) is 5.69 Å². The number of nitrogens with zero attached hydrogens (tertiary/aromatic N) is 2. The van der Waals surface area contributed by atoms with Gasteiger partial charge in [0, 0.05) is 31.5 Å². The minimum Gasteiger partial charge on any atom is -0.465 e. The molecule has 29 heavy (non-hydrogen) atoms. The predicted octanol–water partition coefficient (Wildman–Crippen LogP) is 3.12. The summed E-state index contributed by atoms with van der Waals surface area (Å²) in [7, 11) is 6.14. The van der Waals surface area contributed by atoms with Gasteiger partial charge < -0.3 is 18.8 Å². The van der Waals surface area contributed by atoms with Crippen LogP contribution in [0.1, 0.15) is 42.3 Å². The lowest BCUT2D eigenvalue weighted by molar-refractivity contribution is 0.0556. The lowest BCUT2D eigenvalue weighted by Crippen LogP contribution is -2.15. The van der Waals surface area contributed by atoms with E-state index in [0.29, 0.717) is 11.1 Å². The maximum atomic E-state index is 13.4. The van der Waals surface area contributed by atoms with Gasteiger partial charge in [0.05, 0.1) is 19.7 Å². The molecule has 0 amide bonds. The van der Waals surface area contributed by atoms with Gasteiger partial charge in [0.2, 0.25) is 5.78 Å². The molecule has 0 saturated carbocycles. The highest BCUT2D eigenvalue weighted by Gasteiger charge is 2.33. The number of ketones is 1. The van der Waals surface area contributed by atoms with E-state index < -0.39 is 17.7 Å². The van der Waals surface area contributed by atoms with Gasteiger partial charge >= 0.3 is 11.9 Å². The maximum Gasteiger partial charge on any atom is 0.341 e. The maximum absolute atomic E-state index is 13.4. The van der Waals surface area contributed by atoms with Crippen molar-refractivity contribution in [2.24, 2.45) is 0 Å². The minimum atomic E-state index is -0.782. The Bertz CT molecular complexity index is 1110. The fourth-order valence-electron chi connectivity index (χ4n) is 3.20. The fourth-order valence-corrected chi connectivity index (χ4v) is 3.20. The van der Waals surface area contributed by atoms with Gasteiger partial charge in [-0.2, -0.15) is 0 Å². The highest BCUT2D eigenvalue weighted by molar-refractivity contribution is 6.20. The van der Waals surface area contributed by atoms with Crippen LogP contribution in [0, 0.1) is 6.92 Å². The van der Waals surface area contributed by atoms with Crippen molar-refractivity contribution in [3.63, 3.8) is 0 Å². The molecule has 0 N–H and O–H groups in total. The molecule has 2 aromatic heterocycles. The van der Waals surface area contributed by atoms with Crippen LogP contribution >= 0.6 is 0 Å². The first-order chi connectivity index (χ1) is 13.8. The Morgan fingerprint density at radius 1 is 0.897 bits per heavy atom. The highest BCUT2D eigenvalue weighted by Crippen LogP contribution is 2.30. The van der Waals surface area contributed by atoms with Crippen molar-refractivity contribution >= 4 is 28.9 Å². The predicted molar refractivity (Wildman–Crippen MR) is 109 cm³/mol. The summed E-state index contributed by atoms with van der Waals surface area (Å²) in [5.41, 5.74) is 2.53. The number of anilines is 1. The molecule has 150 valence electrons. The van der Waals surface area contributed by atoms with Gasteiger partial charge in [-0.05, 0) is 19.1 Å². The second-order valence-corrected chi connectivity index (χ2v) is 6.81. The minimum absolute atomic E-state index is 0.00138. The number of aromatic nitrogens is 1. The SMILES string of the molecule is COC(=O)c1c(C(=O)OC)c2cc(N(C)C)ccn2c1C(=O)c1ccc(C)cc1. The number of ether oxygens (including phenoxy) is 2. The van der Waals surface area contributed by atoms with E-state index in [1.165, 1.54) is 18.6 Å². The first-order valence-electron chi connectivity index (χ1n) is 8.93. The molecule has 7 heteroatoms. The highest BCUT2D eigenvalue weighted by atomic mass is 16.5. The summed E-state index contributed by atoms with van der Waals surface area (Å²) in [5.74, 6) is -1.90. The van der Waals surface area contributed by atoms with Crippen LogP contribution in [0.25, 0.3) is 5.52 Å². The van der Waals surface area contributed by atoms with Gasteiger partial charge in [-0.1, -0.05) is 29.8 Å². The number of methoxy groups -OCH3 is 2. The number of carbonyl (C=O) groups excluding carboxylic acids is 3. The fraction of sp³-hybridized carbons (Fsp3) is 0.227. The van der Waals surface area contributed by atoms with Crippen molar-refractivity contribution in [1.29, 1.82) is 0 Å². The molecule has 1 aromatic carbocycles. The average Bonchev–Trinajstić information content (AvgIpc) is 3.06. The van der Waals surface area contributed by atoms with Crippen LogP contribution in [0.15, 0.2) is 42.6 Å². The van der Waals surface area contributed by atoms with Gasteiger partial charge in [-0.15, -0.1) is 0 Å². The molecule has 0 saturated heterocycles. The Morgan fingerprint density at radius 2 is 1.48 bits per heavy atom. The first-order valence-corrected chi connectivity index (χ1v) is 8.93. The van der Waals surface area contributed by atoms with Crippen molar-refractivity contribution in [2.75, 3.05) is 33.2 Å². The molecule has 2 heterocycles. The number of fused-ring (bicyclic) bond motifs is 1. The lowest BCUT2D eigenvalue weighted by Gasteiger charge is -2.13. The second kappa shape index (κ2) is 7.79. The second-order valence-electron chi connectivity index (χ2n) is 6.81. The van der Waals surface area contributed by atoms with Crippen LogP contribution < -0.4 is 4.90 Å². The molecule has 0 aliphatic rings. The Labute approximate surface area is 168 Å². The number of aryl methyl sites for hydroxylation is 1. The largest absolute Gasteiger partial charge is 0.465 e. The molecule has 0 unspecified atom stereocenters. The van der Waals surface area contributed by atoms with Crippen LogP contribution in [0.2, 0.25) is 0 Å². The van der Waals surface area contributed by atoms with Gasteiger partial charge in [0.15, 0.2) is 0 Å². The summed E-state index contributed by atoms with van der Waals surface area (Å²) in [6.45, 7) is 1.92. The molecule has 0 aliphatic carbocycles. The zero-order valence-electron chi connectivity index (χ0n) is 17.0. The van der Waals surface area contributed by atoms with E-state index in [4.69, 9.17) is 9.47 Å². The number of pyridine rings is 1. The van der Waals surface area contributed by atoms with Crippen LogP contribution in [0.5, 0.6) is 0 Å². The molecule has 3 rings (SSSR count). The Kier molecular flexibility index (Phi) is 5.41. The van der Waals surface area contributed by atoms with Gasteiger partial charge in [0.1, 0.15) is 16.8 Å². The van der Waals surface area contributed by atoms with E-state index in [0.717, 1.165) is 11.3 Å². The summed E-state index contributed by atoms with van der Waals surface area (Å²) in [4.78, 5) is 40.5. The molecule has 3 aromatic rings. The van der Waals surface area contributed by atoms with Crippen LogP contribution in [0.3, 0.4) is 0 Å². The van der Waals surface area contributed by atoms with Crippen molar-refractivity contribution in [1.82, 2.24) is 4.40 Å². The molecule has 0 radical (unpaired) electrons. The number of hydrogen-bond acceptors (Lipinski definition) is 6. The molecule has 0 fully saturated rings. The number of esters is 2. The molecular formula is C22H22N2O5. The molecule has 0 aliphatic heterocycles. The Hall–Kier alpha value is -3.61. The number of hydrogen-bond donors (Lipinski definition) is 0. The molecule has 0 atom stereocenters. The number of carbonyl (C=O) groups is 3. The topological polar surface area (TPSA) is 77.3 Å². The van der Waals surface area contributed by atoms with E-state index >= 15 is 0 Å². The molecule has 0 spiro atoms. The van der Waals surface area contributed by atoms with E-state index in [9.17, 15) is 14.4 Å². The van der Waals surface area contributed by atoms with Crippen LogP contribution in [-0.2, 0) is 9.47 Å².